The summed E-state index contributed by atoms with van der Waals surface area (Å²) in [4.78, 5) is 15.2. The van der Waals surface area contributed by atoms with Crippen LogP contribution >= 0.6 is 0 Å². The number of ketones is 1. The van der Waals surface area contributed by atoms with Gasteiger partial charge in [0.2, 0.25) is 0 Å². The van der Waals surface area contributed by atoms with Crippen LogP contribution in [0.1, 0.15) is 47.4 Å². The van der Waals surface area contributed by atoms with Gasteiger partial charge < -0.3 is 19.6 Å². The van der Waals surface area contributed by atoms with Gasteiger partial charge in [0.1, 0.15) is 12.6 Å². The Hall–Kier alpha value is -2.21. The van der Waals surface area contributed by atoms with Crippen LogP contribution in [0.3, 0.4) is 0 Å². The molecule has 1 aliphatic carbocycles. The first kappa shape index (κ1) is 21.0. The molecule has 0 aromatic heterocycles. The molecule has 4 rings (SSSR count). The Morgan fingerprint density at radius 2 is 1.90 bits per heavy atom. The van der Waals surface area contributed by atoms with Crippen molar-refractivity contribution in [1.82, 2.24) is 0 Å². The first-order chi connectivity index (χ1) is 14.6. The van der Waals surface area contributed by atoms with Crippen LogP contribution < -0.4 is 9.80 Å². The third-order valence-electron chi connectivity index (χ3n) is 6.44. The van der Waals surface area contributed by atoms with Crippen molar-refractivity contribution in [2.24, 2.45) is 0 Å². The average Bonchev–Trinajstić information content (AvgIpc) is 2.78. The maximum Gasteiger partial charge on any atom is 0.159 e. The maximum atomic E-state index is 11.4. The van der Waals surface area contributed by atoms with Gasteiger partial charge in [-0.3, -0.25) is 4.79 Å². The predicted octanol–water partition coefficient (Wildman–Crippen LogP) is 2.05. The molecule has 30 heavy (non-hydrogen) atoms. The van der Waals surface area contributed by atoms with E-state index in [2.05, 4.69) is 29.2 Å². The summed E-state index contributed by atoms with van der Waals surface area (Å²) in [7, 11) is 0. The van der Waals surface area contributed by atoms with E-state index in [-0.39, 0.29) is 11.9 Å². The standard InChI is InChI=1S/C25H32N2O3/c1-19(28)20-9-11-22(12-10-20)27-15-13-26(14-16-27)17-23(29)18-30-25-8-4-6-21-5-2-3-7-24(21)25/h2-3,5,7,9-12,23,25,29H,4,6,8,13-18H2,1H3/p+1/t23-,25+/m0/s1. The Bertz CT molecular complexity index is 844. The number of carbonyl (C=O) groups excluding carboxylic acids is 1. The van der Waals surface area contributed by atoms with Crippen molar-refractivity contribution in [3.63, 3.8) is 0 Å². The number of anilines is 1. The van der Waals surface area contributed by atoms with Crippen molar-refractivity contribution in [3.05, 3.63) is 65.2 Å². The van der Waals surface area contributed by atoms with Crippen molar-refractivity contribution in [2.45, 2.75) is 38.4 Å². The molecule has 160 valence electrons. The van der Waals surface area contributed by atoms with Crippen molar-refractivity contribution >= 4 is 11.5 Å². The number of ether oxygens (including phenoxy) is 1. The summed E-state index contributed by atoms with van der Waals surface area (Å²) in [6, 6.07) is 16.4. The third kappa shape index (κ3) is 5.09. The topological polar surface area (TPSA) is 54.2 Å². The molecule has 2 aromatic carbocycles. The summed E-state index contributed by atoms with van der Waals surface area (Å²) in [6.07, 6.45) is 3.01. The Kier molecular flexibility index (Phi) is 6.82. The SMILES string of the molecule is CC(=O)c1ccc(N2CC[NH+](C[C@H](O)CO[C@@H]3CCCc4ccccc43)CC2)cc1. The number of rotatable bonds is 7. The molecule has 2 atom stereocenters. The Labute approximate surface area is 179 Å². The van der Waals surface area contributed by atoms with E-state index in [1.165, 1.54) is 21.7 Å². The largest absolute Gasteiger partial charge is 0.385 e. The van der Waals surface area contributed by atoms with Crippen LogP contribution in [0, 0.1) is 0 Å². The van der Waals surface area contributed by atoms with Crippen molar-refractivity contribution in [1.29, 1.82) is 0 Å². The molecule has 0 unspecified atom stereocenters. The van der Waals surface area contributed by atoms with Crippen LogP contribution in [0.4, 0.5) is 5.69 Å². The van der Waals surface area contributed by atoms with Crippen LogP contribution in [-0.2, 0) is 11.2 Å². The fraction of sp³-hybridized carbons (Fsp3) is 0.480. The van der Waals surface area contributed by atoms with E-state index in [1.54, 1.807) is 6.92 Å². The summed E-state index contributed by atoms with van der Waals surface area (Å²) in [5, 5.41) is 10.6. The normalized spacial score (nSPS) is 20.6. The molecule has 0 radical (unpaired) electrons. The minimum atomic E-state index is -0.435. The molecule has 0 saturated carbocycles. The predicted molar refractivity (Wildman–Crippen MR) is 118 cm³/mol. The highest BCUT2D eigenvalue weighted by atomic mass is 16.5. The molecule has 1 heterocycles. The van der Waals surface area contributed by atoms with Gasteiger partial charge in [-0.05, 0) is 61.6 Å². The summed E-state index contributed by atoms with van der Waals surface area (Å²) >= 11 is 0. The number of nitrogens with one attached hydrogen (secondary N) is 1. The maximum absolute atomic E-state index is 11.4. The highest BCUT2D eigenvalue weighted by Crippen LogP contribution is 2.32. The highest BCUT2D eigenvalue weighted by molar-refractivity contribution is 5.94. The van der Waals surface area contributed by atoms with Crippen LogP contribution in [0.15, 0.2) is 48.5 Å². The van der Waals surface area contributed by atoms with Gasteiger partial charge in [-0.2, -0.15) is 0 Å². The van der Waals surface area contributed by atoms with Crippen molar-refractivity contribution in [2.75, 3.05) is 44.2 Å². The molecule has 5 nitrogen and oxygen atoms in total. The number of quaternary nitrogens is 1. The third-order valence-corrected chi connectivity index (χ3v) is 6.44. The number of fused-ring (bicyclic) bond motifs is 1. The van der Waals surface area contributed by atoms with Crippen LogP contribution in [-0.4, -0.2) is 56.3 Å². The van der Waals surface area contributed by atoms with Gasteiger partial charge in [0.25, 0.3) is 0 Å². The zero-order valence-corrected chi connectivity index (χ0v) is 17.8. The lowest BCUT2D eigenvalue weighted by atomic mass is 9.89. The number of hydrogen-bond acceptors (Lipinski definition) is 4. The number of hydrogen-bond donors (Lipinski definition) is 2. The molecular formula is C25H33N2O3+. The highest BCUT2D eigenvalue weighted by Gasteiger charge is 2.25. The lowest BCUT2D eigenvalue weighted by molar-refractivity contribution is -0.903. The fourth-order valence-electron chi connectivity index (χ4n) is 4.69. The molecule has 2 N–H and O–H groups in total. The minimum absolute atomic E-state index is 0.101. The monoisotopic (exact) mass is 409 g/mol. The van der Waals surface area contributed by atoms with E-state index in [0.717, 1.165) is 57.5 Å². The molecule has 1 saturated heterocycles. The second-order valence-corrected chi connectivity index (χ2v) is 8.61. The minimum Gasteiger partial charge on any atom is -0.385 e. The molecule has 0 spiro atoms. The Balaban J connectivity index is 1.22. The molecule has 0 amide bonds. The number of aliphatic hydroxyl groups is 1. The van der Waals surface area contributed by atoms with Gasteiger partial charge in [-0.15, -0.1) is 0 Å². The van der Waals surface area contributed by atoms with E-state index in [0.29, 0.717) is 6.61 Å². The Morgan fingerprint density at radius 1 is 1.17 bits per heavy atom. The number of Topliss-reactive ketones (excluding diaryl/α,β-unsaturated/α-hetero) is 1. The van der Waals surface area contributed by atoms with Gasteiger partial charge in [0.15, 0.2) is 5.78 Å². The Morgan fingerprint density at radius 3 is 2.63 bits per heavy atom. The van der Waals surface area contributed by atoms with E-state index < -0.39 is 6.10 Å². The number of aliphatic hydroxyl groups excluding tert-OH is 1. The number of aryl methyl sites for hydroxylation is 1. The quantitative estimate of drug-likeness (QED) is 0.688. The second-order valence-electron chi connectivity index (χ2n) is 8.61. The van der Waals surface area contributed by atoms with Crippen LogP contribution in [0.25, 0.3) is 0 Å². The van der Waals surface area contributed by atoms with E-state index in [4.69, 9.17) is 4.74 Å². The van der Waals surface area contributed by atoms with Gasteiger partial charge in [0, 0.05) is 11.3 Å². The number of nitrogens with zero attached hydrogens (tertiary/aromatic N) is 1. The lowest BCUT2D eigenvalue weighted by Gasteiger charge is -2.34. The van der Waals surface area contributed by atoms with Crippen molar-refractivity contribution < 1.29 is 19.5 Å². The average molecular weight is 410 g/mol. The molecule has 5 heteroatoms. The summed E-state index contributed by atoms with van der Waals surface area (Å²) in [5.74, 6) is 0.101. The number of carbonyl (C=O) groups is 1. The van der Waals surface area contributed by atoms with E-state index >= 15 is 0 Å². The van der Waals surface area contributed by atoms with Gasteiger partial charge in [0.05, 0.1) is 38.9 Å². The van der Waals surface area contributed by atoms with Gasteiger partial charge >= 0.3 is 0 Å². The van der Waals surface area contributed by atoms with E-state index in [1.807, 2.05) is 24.3 Å². The molecule has 2 aliphatic rings. The molecule has 1 fully saturated rings. The molecule has 1 aliphatic heterocycles. The summed E-state index contributed by atoms with van der Waals surface area (Å²) in [6.45, 7) is 6.63. The molecular weight excluding hydrogens is 376 g/mol. The van der Waals surface area contributed by atoms with Gasteiger partial charge in [-0.1, -0.05) is 24.3 Å². The molecule has 0 bridgehead atoms. The lowest BCUT2D eigenvalue weighted by Crippen LogP contribution is -3.16. The van der Waals surface area contributed by atoms with E-state index in [9.17, 15) is 9.90 Å². The first-order valence-corrected chi connectivity index (χ1v) is 11.2. The van der Waals surface area contributed by atoms with Crippen LogP contribution in [0.5, 0.6) is 0 Å². The number of benzene rings is 2. The zero-order valence-electron chi connectivity index (χ0n) is 17.8. The van der Waals surface area contributed by atoms with Crippen LogP contribution in [0.2, 0.25) is 0 Å². The molecule has 2 aromatic rings. The second kappa shape index (κ2) is 9.73. The fourth-order valence-corrected chi connectivity index (χ4v) is 4.69. The van der Waals surface area contributed by atoms with Gasteiger partial charge in [-0.25, -0.2) is 0 Å². The summed E-state index contributed by atoms with van der Waals surface area (Å²) < 4.78 is 6.13. The van der Waals surface area contributed by atoms with Crippen molar-refractivity contribution in [3.8, 4) is 0 Å². The smallest absolute Gasteiger partial charge is 0.159 e. The zero-order chi connectivity index (χ0) is 20.9. The first-order valence-electron chi connectivity index (χ1n) is 11.2. The number of piperazine rings is 1. The summed E-state index contributed by atoms with van der Waals surface area (Å²) in [5.41, 5.74) is 4.61.